The molecule has 3 N–H and O–H groups in total. The monoisotopic (exact) mass is 213 g/mol. The maximum Gasteiger partial charge on any atom is 0.242 e. The lowest BCUT2D eigenvalue weighted by Gasteiger charge is -2.33. The molecule has 0 radical (unpaired) electrons. The van der Waals surface area contributed by atoms with Crippen molar-refractivity contribution in [1.82, 2.24) is 10.2 Å². The van der Waals surface area contributed by atoms with Crippen molar-refractivity contribution in [2.75, 3.05) is 13.1 Å². The first-order valence-corrected chi connectivity index (χ1v) is 5.39. The molecule has 0 spiro atoms. The van der Waals surface area contributed by atoms with Crippen LogP contribution in [0.25, 0.3) is 0 Å². The van der Waals surface area contributed by atoms with Gasteiger partial charge in [0.2, 0.25) is 11.8 Å². The Morgan fingerprint density at radius 1 is 1.73 bits per heavy atom. The normalized spacial score (nSPS) is 23.5. The van der Waals surface area contributed by atoms with E-state index in [1.165, 1.54) is 0 Å². The van der Waals surface area contributed by atoms with Crippen LogP contribution in [0, 0.1) is 0 Å². The minimum absolute atomic E-state index is 0.0216. The molecule has 0 saturated carbocycles. The maximum absolute atomic E-state index is 11.8. The predicted molar refractivity (Wildman–Crippen MR) is 57.1 cm³/mol. The first-order chi connectivity index (χ1) is 7.06. The Kier molecular flexibility index (Phi) is 4.08. The Hall–Kier alpha value is -1.10. The molecular formula is C10H19N3O2. The van der Waals surface area contributed by atoms with Crippen LogP contribution in [0.4, 0.5) is 0 Å². The van der Waals surface area contributed by atoms with Gasteiger partial charge in [0.15, 0.2) is 0 Å². The van der Waals surface area contributed by atoms with E-state index in [1.54, 1.807) is 11.8 Å². The molecule has 0 aromatic carbocycles. The van der Waals surface area contributed by atoms with Gasteiger partial charge >= 0.3 is 0 Å². The molecule has 1 saturated heterocycles. The average Bonchev–Trinajstić information content (AvgIpc) is 2.21. The average molecular weight is 213 g/mol. The number of hydrogen-bond acceptors (Lipinski definition) is 3. The van der Waals surface area contributed by atoms with Gasteiger partial charge in [0, 0.05) is 25.6 Å². The van der Waals surface area contributed by atoms with Gasteiger partial charge in [-0.2, -0.15) is 0 Å². The van der Waals surface area contributed by atoms with E-state index in [0.29, 0.717) is 19.5 Å². The van der Waals surface area contributed by atoms with Crippen LogP contribution in [-0.2, 0) is 9.59 Å². The summed E-state index contributed by atoms with van der Waals surface area (Å²) in [6, 6.07) is -0.468. The molecule has 2 amide bonds. The van der Waals surface area contributed by atoms with Gasteiger partial charge in [0.1, 0.15) is 6.04 Å². The molecule has 1 heterocycles. The molecule has 1 fully saturated rings. The van der Waals surface area contributed by atoms with Crippen molar-refractivity contribution in [2.24, 2.45) is 5.73 Å². The van der Waals surface area contributed by atoms with E-state index in [4.69, 9.17) is 5.73 Å². The van der Waals surface area contributed by atoms with Crippen molar-refractivity contribution in [3.63, 3.8) is 0 Å². The minimum Gasteiger partial charge on any atom is -0.353 e. The molecule has 0 bridgehead atoms. The van der Waals surface area contributed by atoms with Gasteiger partial charge < -0.3 is 16.0 Å². The number of carbonyl (C=O) groups excluding carboxylic acids is 2. The van der Waals surface area contributed by atoms with Crippen LogP contribution in [0.1, 0.15) is 26.7 Å². The number of amides is 2. The first kappa shape index (κ1) is 12.0. The number of nitrogens with one attached hydrogen (secondary N) is 1. The second kappa shape index (κ2) is 5.11. The Morgan fingerprint density at radius 2 is 2.40 bits per heavy atom. The van der Waals surface area contributed by atoms with E-state index in [1.807, 2.05) is 6.92 Å². The number of carbonyl (C=O) groups is 2. The molecule has 86 valence electrons. The third-order valence-electron chi connectivity index (χ3n) is 2.78. The molecule has 5 heteroatoms. The van der Waals surface area contributed by atoms with Crippen LogP contribution in [0.15, 0.2) is 0 Å². The number of rotatable bonds is 3. The Labute approximate surface area is 90.0 Å². The van der Waals surface area contributed by atoms with Crippen molar-refractivity contribution >= 4 is 11.8 Å². The van der Waals surface area contributed by atoms with Gasteiger partial charge in [-0.25, -0.2) is 0 Å². The van der Waals surface area contributed by atoms with Crippen molar-refractivity contribution in [2.45, 2.75) is 38.8 Å². The van der Waals surface area contributed by atoms with Crippen LogP contribution >= 0.6 is 0 Å². The lowest BCUT2D eigenvalue weighted by atomic mass is 10.1. The fourth-order valence-corrected chi connectivity index (χ4v) is 1.61. The van der Waals surface area contributed by atoms with Gasteiger partial charge in [-0.15, -0.1) is 0 Å². The van der Waals surface area contributed by atoms with Gasteiger partial charge in [-0.3, -0.25) is 9.59 Å². The highest BCUT2D eigenvalue weighted by Gasteiger charge is 2.29. The van der Waals surface area contributed by atoms with Gasteiger partial charge in [0.25, 0.3) is 0 Å². The second-order valence-corrected chi connectivity index (χ2v) is 3.93. The van der Waals surface area contributed by atoms with Crippen LogP contribution in [-0.4, -0.2) is 41.9 Å². The fourth-order valence-electron chi connectivity index (χ4n) is 1.61. The SMILES string of the molecule is CCC(N)CC(=O)N1CCNC(=O)C1C. The number of piperazine rings is 1. The summed E-state index contributed by atoms with van der Waals surface area (Å²) in [5.41, 5.74) is 5.71. The molecular weight excluding hydrogens is 194 g/mol. The summed E-state index contributed by atoms with van der Waals surface area (Å²) in [6.07, 6.45) is 1.11. The molecule has 1 rings (SSSR count). The summed E-state index contributed by atoms with van der Waals surface area (Å²) in [7, 11) is 0. The molecule has 15 heavy (non-hydrogen) atoms. The number of nitrogens with zero attached hydrogens (tertiary/aromatic N) is 1. The summed E-state index contributed by atoms with van der Waals surface area (Å²) in [4.78, 5) is 24.7. The van der Waals surface area contributed by atoms with E-state index >= 15 is 0 Å². The second-order valence-electron chi connectivity index (χ2n) is 3.93. The molecule has 0 aliphatic carbocycles. The standard InChI is InChI=1S/C10H19N3O2/c1-3-8(11)6-9(14)13-5-4-12-10(15)7(13)2/h7-8H,3-6,11H2,1-2H3,(H,12,15). The van der Waals surface area contributed by atoms with E-state index in [2.05, 4.69) is 5.32 Å². The van der Waals surface area contributed by atoms with Crippen LogP contribution in [0.5, 0.6) is 0 Å². The van der Waals surface area contributed by atoms with E-state index in [-0.39, 0.29) is 23.9 Å². The van der Waals surface area contributed by atoms with E-state index in [9.17, 15) is 9.59 Å². The zero-order valence-corrected chi connectivity index (χ0v) is 9.32. The van der Waals surface area contributed by atoms with Crippen molar-refractivity contribution in [1.29, 1.82) is 0 Å². The Morgan fingerprint density at radius 3 is 3.00 bits per heavy atom. The highest BCUT2D eigenvalue weighted by Crippen LogP contribution is 2.07. The first-order valence-electron chi connectivity index (χ1n) is 5.39. The summed E-state index contributed by atoms with van der Waals surface area (Å²) < 4.78 is 0. The Balaban J connectivity index is 2.54. The van der Waals surface area contributed by atoms with Crippen LogP contribution in [0.2, 0.25) is 0 Å². The minimum atomic E-state index is -0.365. The highest BCUT2D eigenvalue weighted by atomic mass is 16.2. The molecule has 5 nitrogen and oxygen atoms in total. The lowest BCUT2D eigenvalue weighted by Crippen LogP contribution is -2.56. The molecule has 2 atom stereocenters. The molecule has 0 aromatic heterocycles. The zero-order chi connectivity index (χ0) is 11.4. The van der Waals surface area contributed by atoms with Crippen LogP contribution in [0.3, 0.4) is 0 Å². The summed E-state index contributed by atoms with van der Waals surface area (Å²) in [6.45, 7) is 4.81. The summed E-state index contributed by atoms with van der Waals surface area (Å²) in [5, 5.41) is 2.72. The maximum atomic E-state index is 11.8. The van der Waals surface area contributed by atoms with Crippen molar-refractivity contribution in [3.05, 3.63) is 0 Å². The third-order valence-corrected chi connectivity index (χ3v) is 2.78. The highest BCUT2D eigenvalue weighted by molar-refractivity contribution is 5.88. The topological polar surface area (TPSA) is 75.4 Å². The predicted octanol–water partition coefficient (Wildman–Crippen LogP) is -0.539. The largest absolute Gasteiger partial charge is 0.353 e. The van der Waals surface area contributed by atoms with Gasteiger partial charge in [0.05, 0.1) is 0 Å². The summed E-state index contributed by atoms with van der Waals surface area (Å²) in [5.74, 6) is -0.105. The number of nitrogens with two attached hydrogens (primary N) is 1. The van der Waals surface area contributed by atoms with E-state index in [0.717, 1.165) is 6.42 Å². The zero-order valence-electron chi connectivity index (χ0n) is 9.32. The Bertz CT molecular complexity index is 255. The fraction of sp³-hybridized carbons (Fsp3) is 0.800. The molecule has 1 aliphatic rings. The quantitative estimate of drug-likeness (QED) is 0.661. The van der Waals surface area contributed by atoms with Crippen LogP contribution < -0.4 is 11.1 Å². The molecule has 1 aliphatic heterocycles. The van der Waals surface area contributed by atoms with E-state index < -0.39 is 0 Å². The summed E-state index contributed by atoms with van der Waals surface area (Å²) >= 11 is 0. The smallest absolute Gasteiger partial charge is 0.242 e. The van der Waals surface area contributed by atoms with Gasteiger partial charge in [-0.05, 0) is 13.3 Å². The third kappa shape index (κ3) is 2.92. The molecule has 2 unspecified atom stereocenters. The number of hydrogen-bond donors (Lipinski definition) is 2. The van der Waals surface area contributed by atoms with Crippen molar-refractivity contribution < 1.29 is 9.59 Å². The molecule has 0 aromatic rings. The van der Waals surface area contributed by atoms with Gasteiger partial charge in [-0.1, -0.05) is 6.92 Å². The van der Waals surface area contributed by atoms with Crippen molar-refractivity contribution in [3.8, 4) is 0 Å². The lowest BCUT2D eigenvalue weighted by molar-refractivity contribution is -0.142.